The maximum Gasteiger partial charge on any atom is 0.0647 e. The van der Waals surface area contributed by atoms with Crippen molar-refractivity contribution in [3.05, 3.63) is 44.7 Å². The Hall–Kier alpha value is -1.03. The van der Waals surface area contributed by atoms with E-state index in [1.165, 1.54) is 0 Å². The van der Waals surface area contributed by atoms with Crippen molar-refractivity contribution in [2.24, 2.45) is 5.11 Å². The third-order valence-electron chi connectivity index (χ3n) is 1.85. The normalized spacial score (nSPS) is 11.9. The van der Waals surface area contributed by atoms with Crippen molar-refractivity contribution in [2.45, 2.75) is 12.5 Å². The Morgan fingerprint density at radius 2 is 2.07 bits per heavy atom. The molecule has 0 aliphatic rings. The molecule has 1 N–H and O–H groups in total. The van der Waals surface area contributed by atoms with Crippen molar-refractivity contribution in [1.82, 2.24) is 0 Å². The molecule has 1 unspecified atom stereocenters. The van der Waals surface area contributed by atoms with Gasteiger partial charge in [0, 0.05) is 16.0 Å². The molecule has 1 atom stereocenters. The summed E-state index contributed by atoms with van der Waals surface area (Å²) in [7, 11) is 0. The topological polar surface area (TPSA) is 69.0 Å². The highest BCUT2D eigenvalue weighted by Crippen LogP contribution is 2.22. The summed E-state index contributed by atoms with van der Waals surface area (Å²) in [5, 5.41) is 12.4. The van der Waals surface area contributed by atoms with E-state index in [1.807, 2.05) is 24.3 Å². The molecule has 0 aromatic heterocycles. The van der Waals surface area contributed by atoms with Gasteiger partial charge in [-0.15, -0.1) is 0 Å². The quantitative estimate of drug-likeness (QED) is 0.501. The zero-order valence-electron chi connectivity index (χ0n) is 7.47. The van der Waals surface area contributed by atoms with E-state index >= 15 is 0 Å². The molecule has 1 aromatic carbocycles. The van der Waals surface area contributed by atoms with Crippen LogP contribution in [0.15, 0.2) is 33.9 Å². The van der Waals surface area contributed by atoms with Gasteiger partial charge in [0.25, 0.3) is 0 Å². The van der Waals surface area contributed by atoms with E-state index in [0.29, 0.717) is 6.42 Å². The molecule has 74 valence electrons. The number of nitrogens with zero attached hydrogens (tertiary/aromatic N) is 3. The van der Waals surface area contributed by atoms with Gasteiger partial charge in [-0.1, -0.05) is 33.2 Å². The van der Waals surface area contributed by atoms with E-state index in [1.54, 1.807) is 0 Å². The van der Waals surface area contributed by atoms with Crippen molar-refractivity contribution >= 4 is 15.9 Å². The highest BCUT2D eigenvalue weighted by Gasteiger charge is 2.07. The Bertz CT molecular complexity index is 332. The summed E-state index contributed by atoms with van der Waals surface area (Å²) < 4.78 is 0.977. The molecule has 0 spiro atoms. The molecule has 4 nitrogen and oxygen atoms in total. The maximum absolute atomic E-state index is 8.79. The molecule has 0 radical (unpaired) electrons. The van der Waals surface area contributed by atoms with Gasteiger partial charge in [0.15, 0.2) is 0 Å². The van der Waals surface area contributed by atoms with Crippen LogP contribution in [0, 0.1) is 0 Å². The molecule has 0 saturated heterocycles. The lowest BCUT2D eigenvalue weighted by molar-refractivity contribution is 0.276. The predicted molar refractivity (Wildman–Crippen MR) is 57.7 cm³/mol. The summed E-state index contributed by atoms with van der Waals surface area (Å²) in [5.41, 5.74) is 9.26. The second-order valence-corrected chi connectivity index (χ2v) is 3.70. The van der Waals surface area contributed by atoms with Crippen LogP contribution in [0.2, 0.25) is 0 Å². The van der Waals surface area contributed by atoms with Crippen LogP contribution in [0.4, 0.5) is 0 Å². The molecule has 0 aliphatic carbocycles. The zero-order valence-corrected chi connectivity index (χ0v) is 9.05. The number of hydrogen-bond acceptors (Lipinski definition) is 2. The van der Waals surface area contributed by atoms with Gasteiger partial charge in [0.1, 0.15) is 0 Å². The molecule has 14 heavy (non-hydrogen) atoms. The fraction of sp³-hybridized carbons (Fsp3) is 0.333. The number of azide groups is 1. The molecular formula is C9H10BrN3O. The van der Waals surface area contributed by atoms with Gasteiger partial charge in [-0.25, -0.2) is 0 Å². The minimum atomic E-state index is -0.280. The van der Waals surface area contributed by atoms with Crippen LogP contribution in [-0.4, -0.2) is 11.7 Å². The van der Waals surface area contributed by atoms with Gasteiger partial charge in [-0.05, 0) is 29.6 Å². The van der Waals surface area contributed by atoms with Crippen LogP contribution < -0.4 is 0 Å². The Morgan fingerprint density at radius 3 is 2.57 bits per heavy atom. The van der Waals surface area contributed by atoms with E-state index < -0.39 is 0 Å². The molecule has 0 heterocycles. The van der Waals surface area contributed by atoms with Crippen molar-refractivity contribution in [3.8, 4) is 0 Å². The number of hydrogen-bond donors (Lipinski definition) is 1. The first-order chi connectivity index (χ1) is 6.77. The minimum absolute atomic E-state index is 0.0136. The number of halogens is 1. The van der Waals surface area contributed by atoms with Crippen LogP contribution in [0.1, 0.15) is 18.0 Å². The van der Waals surface area contributed by atoms with Crippen molar-refractivity contribution < 1.29 is 5.11 Å². The Labute approximate surface area is 90.3 Å². The van der Waals surface area contributed by atoms with E-state index in [2.05, 4.69) is 26.0 Å². The largest absolute Gasteiger partial charge is 0.396 e. The van der Waals surface area contributed by atoms with Gasteiger partial charge in [0.05, 0.1) is 6.04 Å². The zero-order chi connectivity index (χ0) is 10.4. The average Bonchev–Trinajstić information content (AvgIpc) is 2.19. The van der Waals surface area contributed by atoms with Gasteiger partial charge < -0.3 is 5.11 Å². The van der Waals surface area contributed by atoms with Crippen molar-refractivity contribution in [3.63, 3.8) is 0 Å². The Balaban J connectivity index is 2.87. The van der Waals surface area contributed by atoms with E-state index in [0.717, 1.165) is 10.0 Å². The smallest absolute Gasteiger partial charge is 0.0647 e. The van der Waals surface area contributed by atoms with Crippen LogP contribution in [-0.2, 0) is 0 Å². The standard InChI is InChI=1S/C9H10BrN3O/c10-8-3-1-7(2-4-8)9(5-6-14)12-13-11/h1-4,9,14H,5-6H2. The number of aliphatic hydroxyl groups is 1. The van der Waals surface area contributed by atoms with Crippen LogP contribution in [0.3, 0.4) is 0 Å². The van der Waals surface area contributed by atoms with E-state index in [9.17, 15) is 0 Å². The Kier molecular flexibility index (Phi) is 4.46. The fourth-order valence-corrected chi connectivity index (χ4v) is 1.42. The molecular weight excluding hydrogens is 246 g/mol. The summed E-state index contributed by atoms with van der Waals surface area (Å²) in [6.07, 6.45) is 0.450. The van der Waals surface area contributed by atoms with Gasteiger partial charge >= 0.3 is 0 Å². The highest BCUT2D eigenvalue weighted by molar-refractivity contribution is 9.10. The third kappa shape index (κ3) is 3.03. The average molecular weight is 256 g/mol. The fourth-order valence-electron chi connectivity index (χ4n) is 1.16. The maximum atomic E-state index is 8.79. The summed E-state index contributed by atoms with van der Waals surface area (Å²) in [5.74, 6) is 0. The van der Waals surface area contributed by atoms with Crippen molar-refractivity contribution in [1.29, 1.82) is 0 Å². The van der Waals surface area contributed by atoms with Gasteiger partial charge in [-0.2, -0.15) is 0 Å². The second-order valence-electron chi connectivity index (χ2n) is 2.78. The number of benzene rings is 1. The molecule has 0 fully saturated rings. The monoisotopic (exact) mass is 255 g/mol. The molecule has 0 amide bonds. The third-order valence-corrected chi connectivity index (χ3v) is 2.38. The molecule has 0 aliphatic heterocycles. The molecule has 1 aromatic rings. The Morgan fingerprint density at radius 1 is 1.43 bits per heavy atom. The number of rotatable bonds is 4. The first-order valence-corrected chi connectivity index (χ1v) is 4.97. The summed E-state index contributed by atoms with van der Waals surface area (Å²) in [6.45, 7) is 0.0136. The predicted octanol–water partition coefficient (Wildman–Crippen LogP) is 3.18. The lowest BCUT2D eigenvalue weighted by atomic mass is 10.1. The second kappa shape index (κ2) is 5.65. The summed E-state index contributed by atoms with van der Waals surface area (Å²) in [4.78, 5) is 2.76. The van der Waals surface area contributed by atoms with Gasteiger partial charge in [-0.3, -0.25) is 0 Å². The van der Waals surface area contributed by atoms with Crippen LogP contribution >= 0.6 is 15.9 Å². The molecule has 5 heteroatoms. The van der Waals surface area contributed by atoms with Crippen LogP contribution in [0.25, 0.3) is 10.4 Å². The van der Waals surface area contributed by atoms with Crippen LogP contribution in [0.5, 0.6) is 0 Å². The number of aliphatic hydroxyl groups excluding tert-OH is 1. The SMILES string of the molecule is [N-]=[N+]=NC(CCO)c1ccc(Br)cc1. The molecule has 0 saturated carbocycles. The molecule has 1 rings (SSSR count). The summed E-state index contributed by atoms with van der Waals surface area (Å²) >= 11 is 3.32. The van der Waals surface area contributed by atoms with E-state index in [4.69, 9.17) is 10.6 Å². The first-order valence-electron chi connectivity index (χ1n) is 4.18. The van der Waals surface area contributed by atoms with Crippen molar-refractivity contribution in [2.75, 3.05) is 6.61 Å². The highest BCUT2D eigenvalue weighted by atomic mass is 79.9. The lowest BCUT2D eigenvalue weighted by Gasteiger charge is -2.09. The molecule has 0 bridgehead atoms. The summed E-state index contributed by atoms with van der Waals surface area (Å²) in [6, 6.07) is 7.23. The van der Waals surface area contributed by atoms with E-state index in [-0.39, 0.29) is 12.6 Å². The minimum Gasteiger partial charge on any atom is -0.396 e. The van der Waals surface area contributed by atoms with Gasteiger partial charge in [0.2, 0.25) is 0 Å². The first kappa shape index (κ1) is 11.0. The lowest BCUT2D eigenvalue weighted by Crippen LogP contribution is -1.97.